The summed E-state index contributed by atoms with van der Waals surface area (Å²) in [5, 5.41) is 2.95. The van der Waals surface area contributed by atoms with Crippen LogP contribution in [-0.4, -0.2) is 31.7 Å². The first-order valence-electron chi connectivity index (χ1n) is 11.2. The van der Waals surface area contributed by atoms with Gasteiger partial charge in [0.15, 0.2) is 11.5 Å². The second kappa shape index (κ2) is 10.5. The smallest absolute Gasteiger partial charge is 0.305 e. The molecule has 0 fully saturated rings. The van der Waals surface area contributed by atoms with Gasteiger partial charge in [-0.25, -0.2) is 0 Å². The van der Waals surface area contributed by atoms with Crippen LogP contribution in [0.1, 0.15) is 64.0 Å². The number of esters is 1. The summed E-state index contributed by atoms with van der Waals surface area (Å²) in [5.41, 5.74) is 2.98. The van der Waals surface area contributed by atoms with Crippen molar-refractivity contribution in [2.24, 2.45) is 0 Å². The quantitative estimate of drug-likeness (QED) is 0.572. The van der Waals surface area contributed by atoms with Gasteiger partial charge in [-0.05, 0) is 47.9 Å². The van der Waals surface area contributed by atoms with Gasteiger partial charge in [-0.3, -0.25) is 9.59 Å². The third-order valence-electron chi connectivity index (χ3n) is 5.51. The van der Waals surface area contributed by atoms with Crippen LogP contribution in [0.3, 0.4) is 0 Å². The summed E-state index contributed by atoms with van der Waals surface area (Å²) in [6.45, 7) is 9.67. The topological polar surface area (TPSA) is 73.9 Å². The lowest BCUT2D eigenvalue weighted by Crippen LogP contribution is -2.18. The first-order valence-corrected chi connectivity index (χ1v) is 11.2. The van der Waals surface area contributed by atoms with E-state index in [9.17, 15) is 9.59 Å². The maximum atomic E-state index is 12.9. The highest BCUT2D eigenvalue weighted by molar-refractivity contribution is 5.91. The number of amides is 1. The fourth-order valence-corrected chi connectivity index (χ4v) is 3.72. The molecule has 1 amide bonds. The van der Waals surface area contributed by atoms with Gasteiger partial charge in [0.25, 0.3) is 0 Å². The Hall–Kier alpha value is -3.02. The van der Waals surface area contributed by atoms with Crippen molar-refractivity contribution >= 4 is 17.6 Å². The lowest BCUT2D eigenvalue weighted by Gasteiger charge is -2.22. The Morgan fingerprint density at radius 1 is 1.03 bits per heavy atom. The van der Waals surface area contributed by atoms with E-state index in [0.717, 1.165) is 5.56 Å². The van der Waals surface area contributed by atoms with E-state index in [2.05, 4.69) is 50.4 Å². The highest BCUT2D eigenvalue weighted by atomic mass is 16.6. The monoisotopic (exact) mass is 439 g/mol. The maximum Gasteiger partial charge on any atom is 0.305 e. The first kappa shape index (κ1) is 23.6. The Kier molecular flexibility index (Phi) is 7.78. The summed E-state index contributed by atoms with van der Waals surface area (Å²) < 4.78 is 16.2. The molecule has 1 atom stereocenters. The van der Waals surface area contributed by atoms with Crippen molar-refractivity contribution in [3.63, 3.8) is 0 Å². The number of hydrogen-bond acceptors (Lipinski definition) is 5. The molecular weight excluding hydrogens is 406 g/mol. The normalized spacial score (nSPS) is 13.9. The van der Waals surface area contributed by atoms with E-state index in [0.29, 0.717) is 43.4 Å². The Balaban J connectivity index is 1.71. The van der Waals surface area contributed by atoms with Gasteiger partial charge in [-0.1, -0.05) is 45.0 Å². The average Bonchev–Trinajstić information content (AvgIpc) is 2.76. The number of carbonyl (C=O) groups excluding carboxylic acids is 2. The van der Waals surface area contributed by atoms with E-state index in [-0.39, 0.29) is 36.1 Å². The third-order valence-corrected chi connectivity index (χ3v) is 5.51. The van der Waals surface area contributed by atoms with E-state index in [4.69, 9.17) is 14.2 Å². The number of nitrogens with one attached hydrogen (secondary N) is 1. The Morgan fingerprint density at radius 3 is 2.38 bits per heavy atom. The van der Waals surface area contributed by atoms with Crippen LogP contribution in [0, 0.1) is 0 Å². The minimum Gasteiger partial charge on any atom is -0.486 e. The molecule has 0 spiro atoms. The van der Waals surface area contributed by atoms with Crippen LogP contribution in [0.5, 0.6) is 11.5 Å². The van der Waals surface area contributed by atoms with Gasteiger partial charge in [0, 0.05) is 24.6 Å². The number of benzene rings is 2. The Morgan fingerprint density at radius 2 is 1.72 bits per heavy atom. The molecule has 1 heterocycles. The van der Waals surface area contributed by atoms with Gasteiger partial charge in [-0.2, -0.15) is 0 Å². The molecule has 0 aliphatic carbocycles. The van der Waals surface area contributed by atoms with Crippen LogP contribution >= 0.6 is 0 Å². The van der Waals surface area contributed by atoms with Gasteiger partial charge in [0.2, 0.25) is 5.91 Å². The van der Waals surface area contributed by atoms with E-state index in [1.54, 1.807) is 25.1 Å². The number of anilines is 1. The lowest BCUT2D eigenvalue weighted by atomic mass is 9.84. The molecule has 0 unspecified atom stereocenters. The van der Waals surface area contributed by atoms with E-state index >= 15 is 0 Å². The minimum absolute atomic E-state index is 0.0502. The van der Waals surface area contributed by atoms with Gasteiger partial charge < -0.3 is 19.5 Å². The van der Waals surface area contributed by atoms with Crippen LogP contribution in [-0.2, 0) is 19.7 Å². The number of carbonyl (C=O) groups is 2. The van der Waals surface area contributed by atoms with Crippen molar-refractivity contribution in [2.75, 3.05) is 25.1 Å². The maximum absolute atomic E-state index is 12.9. The zero-order valence-corrected chi connectivity index (χ0v) is 19.4. The molecule has 172 valence electrons. The van der Waals surface area contributed by atoms with Gasteiger partial charge in [0.05, 0.1) is 6.61 Å². The molecule has 2 aromatic rings. The van der Waals surface area contributed by atoms with Crippen LogP contribution < -0.4 is 14.8 Å². The van der Waals surface area contributed by atoms with Crippen LogP contribution in [0.2, 0.25) is 0 Å². The van der Waals surface area contributed by atoms with Crippen molar-refractivity contribution in [1.82, 2.24) is 0 Å². The fourth-order valence-electron chi connectivity index (χ4n) is 3.72. The van der Waals surface area contributed by atoms with Crippen molar-refractivity contribution in [2.45, 2.75) is 58.3 Å². The number of ether oxygens (including phenoxy) is 3. The summed E-state index contributed by atoms with van der Waals surface area (Å²) in [6.07, 6.45) is 1.09. The summed E-state index contributed by atoms with van der Waals surface area (Å²) in [7, 11) is 0. The van der Waals surface area contributed by atoms with Crippen molar-refractivity contribution in [3.8, 4) is 11.5 Å². The minimum atomic E-state index is -0.240. The first-order chi connectivity index (χ1) is 15.3. The SMILES string of the molecule is CCOC(=O)CC[C@H](CC(=O)Nc1ccc2c(c1)OCCO2)c1ccc(C(C)(C)C)cc1. The van der Waals surface area contributed by atoms with Crippen molar-refractivity contribution < 1.29 is 23.8 Å². The fraction of sp³-hybridized carbons (Fsp3) is 0.462. The molecule has 0 saturated carbocycles. The molecule has 1 aliphatic rings. The number of rotatable bonds is 8. The Bertz CT molecular complexity index is 930. The molecule has 0 aromatic heterocycles. The zero-order valence-electron chi connectivity index (χ0n) is 19.4. The van der Waals surface area contributed by atoms with Gasteiger partial charge in [-0.15, -0.1) is 0 Å². The lowest BCUT2D eigenvalue weighted by molar-refractivity contribution is -0.143. The van der Waals surface area contributed by atoms with E-state index in [1.165, 1.54) is 5.56 Å². The molecule has 2 aromatic carbocycles. The molecular formula is C26H33NO5. The molecule has 0 radical (unpaired) electrons. The molecule has 6 nitrogen and oxygen atoms in total. The third kappa shape index (κ3) is 6.49. The van der Waals surface area contributed by atoms with Gasteiger partial charge >= 0.3 is 5.97 Å². The molecule has 1 N–H and O–H groups in total. The van der Waals surface area contributed by atoms with Crippen LogP contribution in [0.15, 0.2) is 42.5 Å². The number of hydrogen-bond donors (Lipinski definition) is 1. The number of fused-ring (bicyclic) bond motifs is 1. The van der Waals surface area contributed by atoms with Crippen molar-refractivity contribution in [1.29, 1.82) is 0 Å². The van der Waals surface area contributed by atoms with Crippen LogP contribution in [0.4, 0.5) is 5.69 Å². The highest BCUT2D eigenvalue weighted by Crippen LogP contribution is 2.33. The predicted octanol–water partition coefficient (Wildman–Crippen LogP) is 5.21. The predicted molar refractivity (Wildman–Crippen MR) is 124 cm³/mol. The van der Waals surface area contributed by atoms with Crippen LogP contribution in [0.25, 0.3) is 0 Å². The summed E-state index contributed by atoms with van der Waals surface area (Å²) in [5.74, 6) is 0.864. The second-order valence-electron chi connectivity index (χ2n) is 9.02. The summed E-state index contributed by atoms with van der Waals surface area (Å²) >= 11 is 0. The molecule has 0 bridgehead atoms. The molecule has 1 aliphatic heterocycles. The largest absolute Gasteiger partial charge is 0.486 e. The zero-order chi connectivity index (χ0) is 23.1. The van der Waals surface area contributed by atoms with Gasteiger partial charge in [0.1, 0.15) is 13.2 Å². The highest BCUT2D eigenvalue weighted by Gasteiger charge is 2.21. The average molecular weight is 440 g/mol. The Labute approximate surface area is 190 Å². The standard InChI is InChI=1S/C26H33NO5/c1-5-30-25(29)13-8-19(18-6-9-20(10-7-18)26(2,3)4)16-24(28)27-21-11-12-22-23(17-21)32-15-14-31-22/h6-7,9-12,17,19H,5,8,13-16H2,1-4H3,(H,27,28)/t19-/m1/s1. The second-order valence-corrected chi connectivity index (χ2v) is 9.02. The molecule has 3 rings (SSSR count). The molecule has 0 saturated heterocycles. The summed E-state index contributed by atoms with van der Waals surface area (Å²) in [4.78, 5) is 24.8. The molecule has 6 heteroatoms. The van der Waals surface area contributed by atoms with E-state index < -0.39 is 0 Å². The van der Waals surface area contributed by atoms with E-state index in [1.807, 2.05) is 0 Å². The molecule has 32 heavy (non-hydrogen) atoms. The van der Waals surface area contributed by atoms with Crippen molar-refractivity contribution in [3.05, 3.63) is 53.6 Å². The summed E-state index contributed by atoms with van der Waals surface area (Å²) in [6, 6.07) is 13.7.